The van der Waals surface area contributed by atoms with Crippen LogP contribution in [0.4, 0.5) is 36.3 Å². The Morgan fingerprint density at radius 1 is 0.712 bits per heavy atom. The van der Waals surface area contributed by atoms with Crippen molar-refractivity contribution in [3.63, 3.8) is 0 Å². The van der Waals surface area contributed by atoms with E-state index in [0.29, 0.717) is 54.7 Å². The molecule has 2 aliphatic rings. The van der Waals surface area contributed by atoms with Crippen molar-refractivity contribution in [2.75, 3.05) is 47.4 Å². The van der Waals surface area contributed by atoms with Gasteiger partial charge in [0.05, 0.1) is 44.2 Å². The Morgan fingerprint density at radius 2 is 1.19 bits per heavy atom. The maximum Gasteiger partial charge on any atom is 0.410 e. The van der Waals surface area contributed by atoms with Crippen molar-refractivity contribution >= 4 is 63.9 Å². The predicted molar refractivity (Wildman–Crippen MR) is 283 cm³/mol. The second-order valence-corrected chi connectivity index (χ2v) is 20.8. The zero-order valence-corrected chi connectivity index (χ0v) is 44.2. The van der Waals surface area contributed by atoms with Gasteiger partial charge in [0.1, 0.15) is 28.8 Å². The van der Waals surface area contributed by atoms with Crippen LogP contribution in [0.3, 0.4) is 0 Å². The summed E-state index contributed by atoms with van der Waals surface area (Å²) in [4.78, 5) is 40.6. The largest absolute Gasteiger partial charge is 0.444 e. The van der Waals surface area contributed by atoms with Gasteiger partial charge in [0, 0.05) is 54.7 Å². The fourth-order valence-corrected chi connectivity index (χ4v) is 9.21. The van der Waals surface area contributed by atoms with Crippen LogP contribution in [0.5, 0.6) is 0 Å². The fourth-order valence-electron chi connectivity index (χ4n) is 8.97. The molecule has 0 aliphatic carbocycles. The molecule has 0 saturated carbocycles. The van der Waals surface area contributed by atoms with Crippen molar-refractivity contribution in [1.82, 2.24) is 20.5 Å². The first-order valence-corrected chi connectivity index (χ1v) is 25.2. The van der Waals surface area contributed by atoms with E-state index in [1.165, 1.54) is 24.3 Å². The third kappa shape index (κ3) is 14.2. The Hall–Kier alpha value is -6.49. The van der Waals surface area contributed by atoms with Gasteiger partial charge in [-0.05, 0) is 151 Å². The molecule has 2 saturated heterocycles. The summed E-state index contributed by atoms with van der Waals surface area (Å²) in [5.74, 6) is -0.751. The number of anilines is 4. The number of nitrogens with zero attached hydrogens (tertiary/aromatic N) is 3. The van der Waals surface area contributed by atoms with Crippen LogP contribution in [-0.2, 0) is 27.2 Å². The summed E-state index contributed by atoms with van der Waals surface area (Å²) in [5, 5.41) is 24.8. The van der Waals surface area contributed by atoms with Crippen LogP contribution >= 0.6 is 23.2 Å². The highest BCUT2D eigenvalue weighted by molar-refractivity contribution is 6.31. The van der Waals surface area contributed by atoms with Crippen molar-refractivity contribution in [1.29, 1.82) is 0 Å². The first-order valence-electron chi connectivity index (χ1n) is 24.5. The summed E-state index contributed by atoms with van der Waals surface area (Å²) in [7, 11) is 0. The number of amides is 3. The normalized spacial score (nSPS) is 16.3. The molecule has 0 spiro atoms. The average Bonchev–Trinajstić information content (AvgIpc) is 4.16. The van der Waals surface area contributed by atoms with Crippen molar-refractivity contribution in [2.45, 2.75) is 106 Å². The minimum atomic E-state index is -0.567. The number of aromatic nitrogens is 2. The zero-order chi connectivity index (χ0) is 52.7. The Labute approximate surface area is 435 Å². The fraction of sp³-hybridized carbons (Fsp3) is 0.400. The quantitative estimate of drug-likeness (QED) is 0.0702. The smallest absolute Gasteiger partial charge is 0.410 e. The molecule has 4 atom stereocenters. The molecule has 0 bridgehead atoms. The summed E-state index contributed by atoms with van der Waals surface area (Å²) in [6.07, 6.45) is 2.15. The summed E-state index contributed by atoms with van der Waals surface area (Å²) >= 11 is 11.6. The summed E-state index contributed by atoms with van der Waals surface area (Å²) < 4.78 is 44.0. The highest BCUT2D eigenvalue weighted by Gasteiger charge is 2.31. The van der Waals surface area contributed by atoms with Crippen molar-refractivity contribution in [3.05, 3.63) is 129 Å². The molecule has 0 radical (unpaired) electrons. The Bertz CT molecular complexity index is 2910. The maximum atomic E-state index is 13.9. The van der Waals surface area contributed by atoms with Gasteiger partial charge in [0.25, 0.3) is 0 Å². The number of carbonyl (C=O) groups excluding carboxylic acids is 3. The molecule has 2 aromatic heterocycles. The first-order chi connectivity index (χ1) is 34.6. The second kappa shape index (κ2) is 23.6. The summed E-state index contributed by atoms with van der Waals surface area (Å²) in [6, 6.07) is 21.2. The average molecular weight is 1040 g/mol. The Balaban J connectivity index is 0.000000218. The van der Waals surface area contributed by atoms with Crippen molar-refractivity contribution in [3.8, 4) is 22.3 Å². The van der Waals surface area contributed by atoms with E-state index in [2.05, 4.69) is 36.9 Å². The third-order valence-electron chi connectivity index (χ3n) is 12.8. The number of carbonyl (C=O) groups is 3. The lowest BCUT2D eigenvalue weighted by molar-refractivity contribution is -0.120. The van der Waals surface area contributed by atoms with Crippen molar-refractivity contribution in [2.24, 2.45) is 11.8 Å². The van der Waals surface area contributed by atoms with Gasteiger partial charge >= 0.3 is 6.09 Å². The van der Waals surface area contributed by atoms with E-state index in [0.717, 1.165) is 82.3 Å². The molecular weight excluding hydrogens is 978 g/mol. The van der Waals surface area contributed by atoms with E-state index in [1.807, 2.05) is 91.8 Å². The van der Waals surface area contributed by atoms with E-state index >= 15 is 0 Å². The molecule has 2 aliphatic heterocycles. The molecule has 6 aromatic rings. The number of halogens is 4. The maximum absolute atomic E-state index is 13.9. The lowest BCUT2D eigenvalue weighted by Crippen LogP contribution is -2.36. The molecule has 8 rings (SSSR count). The first kappa shape index (κ1) is 54.3. The van der Waals surface area contributed by atoms with Gasteiger partial charge in [-0.15, -0.1) is 0 Å². The van der Waals surface area contributed by atoms with E-state index < -0.39 is 23.2 Å². The molecule has 5 N–H and O–H groups in total. The predicted octanol–water partition coefficient (Wildman–Crippen LogP) is 12.3. The van der Waals surface area contributed by atoms with Crippen LogP contribution in [0, 0.1) is 51.2 Å². The Morgan fingerprint density at radius 3 is 1.60 bits per heavy atom. The lowest BCUT2D eigenvalue weighted by Gasteiger charge is -2.25. The SMILES string of the molecule is Cc1noc(C)c1-c1ccc(N[C@H]2CCN(C(=O)OC(C)(C)C)C2)c(NC(=O)[C@@H](C)Cc2ccc(Cl)c(F)c2)c1.Cc1noc(C)c1-c1ccc(N[C@H]2CCNC2)c(NC(=O)[C@@H](C)Cc2ccc(Cl)c(F)c2)c1. The van der Waals surface area contributed by atoms with Gasteiger partial charge in [0.2, 0.25) is 11.8 Å². The second-order valence-electron chi connectivity index (χ2n) is 20.0. The minimum Gasteiger partial charge on any atom is -0.444 e. The number of rotatable bonds is 14. The minimum absolute atomic E-state index is 0.0254. The van der Waals surface area contributed by atoms with E-state index in [9.17, 15) is 23.2 Å². The van der Waals surface area contributed by atoms with Crippen LogP contribution in [0.15, 0.2) is 81.8 Å². The van der Waals surface area contributed by atoms with Gasteiger partial charge in [-0.1, -0.05) is 71.6 Å². The van der Waals surface area contributed by atoms with Gasteiger partial charge in [-0.2, -0.15) is 0 Å². The van der Waals surface area contributed by atoms with Gasteiger partial charge < -0.3 is 45.3 Å². The van der Waals surface area contributed by atoms with Crippen LogP contribution in [0.25, 0.3) is 22.3 Å². The monoisotopic (exact) mass is 1040 g/mol. The van der Waals surface area contributed by atoms with Crippen molar-refractivity contribution < 1.29 is 36.9 Å². The number of ether oxygens (including phenoxy) is 1. The number of aryl methyl sites for hydroxylation is 4. The van der Waals surface area contributed by atoms with Crippen LogP contribution in [0.1, 0.15) is 81.5 Å². The number of nitrogens with one attached hydrogen (secondary N) is 5. The van der Waals surface area contributed by atoms with E-state index in [1.54, 1.807) is 24.0 Å². The molecule has 3 amide bonds. The number of likely N-dealkylation sites (tertiary alicyclic amines) is 1. The molecule has 0 unspecified atom stereocenters. The van der Waals surface area contributed by atoms with Crippen LogP contribution in [0.2, 0.25) is 10.0 Å². The molecule has 4 aromatic carbocycles. The topological polar surface area (TPSA) is 176 Å². The molecule has 388 valence electrons. The van der Waals surface area contributed by atoms with Crippen LogP contribution < -0.4 is 26.6 Å². The molecule has 4 heterocycles. The molecule has 73 heavy (non-hydrogen) atoms. The summed E-state index contributed by atoms with van der Waals surface area (Å²) in [5.41, 5.74) is 8.81. The summed E-state index contributed by atoms with van der Waals surface area (Å²) in [6.45, 7) is 19.5. The van der Waals surface area contributed by atoms with Gasteiger partial charge in [0.15, 0.2) is 0 Å². The number of hydrogen-bond donors (Lipinski definition) is 5. The zero-order valence-electron chi connectivity index (χ0n) is 42.7. The highest BCUT2D eigenvalue weighted by atomic mass is 35.5. The van der Waals surface area contributed by atoms with E-state index in [-0.39, 0.29) is 39.9 Å². The van der Waals surface area contributed by atoms with Gasteiger partial charge in [-0.25, -0.2) is 13.6 Å². The van der Waals surface area contributed by atoms with Crippen LogP contribution in [-0.4, -0.2) is 77.0 Å². The molecular formula is C55H64Cl2F2N8O6. The standard InChI is InChI=1S/C30H36ClFN4O4.C25H28ClFN4O2/c1-17(13-20-7-9-23(31)24(32)14-20)28(37)34-26-15-21(27-18(2)35-40-19(27)3)8-10-25(26)33-22-11-12-36(16-22)29(38)39-30(4,5)6;1-14(10-17-4-6-20(26)21(27)11-17)25(32)30-23-12-18(24-15(2)31-33-16(24)3)5-7-22(23)29-19-8-9-28-13-19/h7-10,14-15,17,22,33H,11-13,16H2,1-6H3,(H,34,37);4-7,11-12,14,19,28-29H,8-10,13H2,1-3H3,(H,30,32)/t17-,22-;14-,19-/m00/s1. The third-order valence-corrected chi connectivity index (χ3v) is 13.4. The Kier molecular flexibility index (Phi) is 17.5. The number of benzene rings is 4. The molecule has 18 heteroatoms. The molecule has 2 fully saturated rings. The van der Waals surface area contributed by atoms with E-state index in [4.69, 9.17) is 37.0 Å². The van der Waals surface area contributed by atoms with Gasteiger partial charge in [-0.3, -0.25) is 9.59 Å². The number of hydrogen-bond acceptors (Lipinski definition) is 11. The molecule has 14 nitrogen and oxygen atoms in total. The lowest BCUT2D eigenvalue weighted by atomic mass is 9.99. The highest BCUT2D eigenvalue weighted by Crippen LogP contribution is 2.36.